The van der Waals surface area contributed by atoms with Crippen molar-refractivity contribution in [1.82, 2.24) is 15.5 Å². The van der Waals surface area contributed by atoms with Crippen LogP contribution in [-0.2, 0) is 19.1 Å². The highest BCUT2D eigenvalue weighted by Gasteiger charge is 2.42. The molecule has 4 rings (SSSR count). The Morgan fingerprint density at radius 2 is 1.70 bits per heavy atom. The Morgan fingerprint density at radius 3 is 2.45 bits per heavy atom. The summed E-state index contributed by atoms with van der Waals surface area (Å²) in [6.07, 6.45) is 3.50. The molecule has 33 heavy (non-hydrogen) atoms. The van der Waals surface area contributed by atoms with Crippen LogP contribution in [0.3, 0.4) is 0 Å². The molecule has 3 aliphatic rings. The second-order valence-electron chi connectivity index (χ2n) is 8.30. The van der Waals surface area contributed by atoms with E-state index in [1.54, 1.807) is 23.1 Å². The van der Waals surface area contributed by atoms with E-state index in [1.165, 1.54) is 0 Å². The Hall–Kier alpha value is -3.34. The highest BCUT2D eigenvalue weighted by atomic mass is 16.7. The van der Waals surface area contributed by atoms with E-state index in [-0.39, 0.29) is 12.8 Å². The van der Waals surface area contributed by atoms with Crippen LogP contribution < -0.4 is 25.4 Å². The molecule has 0 radical (unpaired) electrons. The van der Waals surface area contributed by atoms with Gasteiger partial charge in [-0.3, -0.25) is 14.4 Å². The summed E-state index contributed by atoms with van der Waals surface area (Å²) < 4.78 is 15.7. The fourth-order valence-electron chi connectivity index (χ4n) is 4.20. The number of morpholine rings is 1. The number of hydrogen-bond donors (Lipinski definition) is 3. The number of benzene rings is 1. The summed E-state index contributed by atoms with van der Waals surface area (Å²) in [4.78, 5) is 52.1. The van der Waals surface area contributed by atoms with Crippen molar-refractivity contribution in [3.05, 3.63) is 18.2 Å². The quantitative estimate of drug-likeness (QED) is 0.534. The molecule has 178 valence electrons. The number of urea groups is 1. The fourth-order valence-corrected chi connectivity index (χ4v) is 4.20. The Balaban J connectivity index is 1.33. The number of amides is 4. The molecule has 0 spiro atoms. The highest BCUT2D eigenvalue weighted by molar-refractivity contribution is 6.41. The minimum absolute atomic E-state index is 0.0987. The molecule has 11 nitrogen and oxygen atoms in total. The molecule has 1 aromatic rings. The number of Topliss-reactive ketones (excluding diaryl/α,β-unsaturated/α-hetero) is 1. The van der Waals surface area contributed by atoms with Crippen molar-refractivity contribution in [3.8, 4) is 11.5 Å². The summed E-state index contributed by atoms with van der Waals surface area (Å²) in [5.74, 6) is -1.07. The lowest BCUT2D eigenvalue weighted by Gasteiger charge is -2.38. The molecule has 2 fully saturated rings. The Morgan fingerprint density at radius 1 is 0.970 bits per heavy atom. The highest BCUT2D eigenvalue weighted by Crippen LogP contribution is 2.34. The molecular formula is C22H28N4O7. The topological polar surface area (TPSA) is 135 Å². The second-order valence-corrected chi connectivity index (χ2v) is 8.30. The molecule has 3 N–H and O–H groups in total. The van der Waals surface area contributed by atoms with E-state index in [9.17, 15) is 19.2 Å². The number of carbonyl (C=O) groups is 4. The summed E-state index contributed by atoms with van der Waals surface area (Å²) in [6, 6.07) is 4.47. The molecule has 0 atom stereocenters. The monoisotopic (exact) mass is 460 g/mol. The maximum Gasteiger partial charge on any atom is 0.318 e. The zero-order chi connectivity index (χ0) is 23.3. The molecule has 1 saturated carbocycles. The number of rotatable bonds is 6. The summed E-state index contributed by atoms with van der Waals surface area (Å²) in [5.41, 5.74) is -0.715. The molecular weight excluding hydrogens is 432 g/mol. The van der Waals surface area contributed by atoms with Crippen molar-refractivity contribution in [2.24, 2.45) is 0 Å². The van der Waals surface area contributed by atoms with Gasteiger partial charge >= 0.3 is 6.03 Å². The van der Waals surface area contributed by atoms with Gasteiger partial charge < -0.3 is 35.1 Å². The van der Waals surface area contributed by atoms with Crippen LogP contribution in [0.4, 0.5) is 10.5 Å². The van der Waals surface area contributed by atoms with Gasteiger partial charge in [0, 0.05) is 24.8 Å². The van der Waals surface area contributed by atoms with Crippen LogP contribution in [0, 0.1) is 0 Å². The van der Waals surface area contributed by atoms with Crippen LogP contribution >= 0.6 is 0 Å². The van der Waals surface area contributed by atoms with E-state index in [1.807, 2.05) is 0 Å². The van der Waals surface area contributed by atoms with Gasteiger partial charge in [0.05, 0.1) is 19.8 Å². The average molecular weight is 460 g/mol. The lowest BCUT2D eigenvalue weighted by Crippen LogP contribution is -2.63. The lowest BCUT2D eigenvalue weighted by atomic mass is 9.81. The molecule has 0 bridgehead atoms. The molecule has 2 heterocycles. The summed E-state index contributed by atoms with van der Waals surface area (Å²) in [5, 5.41) is 7.95. The number of ketones is 1. The van der Waals surface area contributed by atoms with Crippen LogP contribution in [0.2, 0.25) is 0 Å². The van der Waals surface area contributed by atoms with Crippen molar-refractivity contribution >= 4 is 29.3 Å². The van der Waals surface area contributed by atoms with Crippen molar-refractivity contribution in [3.63, 3.8) is 0 Å². The number of nitrogens with zero attached hydrogens (tertiary/aromatic N) is 1. The molecule has 1 aromatic carbocycles. The summed E-state index contributed by atoms with van der Waals surface area (Å²) in [7, 11) is 0. The third-order valence-electron chi connectivity index (χ3n) is 6.08. The normalized spacial score (nSPS) is 18.8. The molecule has 1 aliphatic carbocycles. The average Bonchev–Trinajstić information content (AvgIpc) is 3.31. The van der Waals surface area contributed by atoms with Gasteiger partial charge in [0.25, 0.3) is 5.91 Å². The predicted molar refractivity (Wildman–Crippen MR) is 116 cm³/mol. The summed E-state index contributed by atoms with van der Waals surface area (Å²) in [6.45, 7) is 1.47. The van der Waals surface area contributed by atoms with Crippen LogP contribution in [0.1, 0.15) is 32.1 Å². The van der Waals surface area contributed by atoms with E-state index in [2.05, 4.69) is 16.0 Å². The van der Waals surface area contributed by atoms with Crippen LogP contribution in [0.5, 0.6) is 11.5 Å². The Labute approximate surface area is 191 Å². The standard InChI is InChI=1S/C22H28N4O7/c27-16(19(28)24-15-4-5-17-18(12-15)33-14-32-17)13-23-20(29)22(6-2-1-3-7-22)25-21(30)26-8-10-31-11-9-26/h4-5,12H,1-3,6-11,13-14H2,(H,23,29)(H,24,28)(H,25,30). The minimum Gasteiger partial charge on any atom is -0.454 e. The van der Waals surface area contributed by atoms with Gasteiger partial charge in [-0.15, -0.1) is 0 Å². The van der Waals surface area contributed by atoms with Crippen molar-refractivity contribution in [2.75, 3.05) is 45.0 Å². The first-order valence-electron chi connectivity index (χ1n) is 11.1. The van der Waals surface area contributed by atoms with Crippen molar-refractivity contribution in [2.45, 2.75) is 37.6 Å². The maximum absolute atomic E-state index is 13.1. The van der Waals surface area contributed by atoms with E-state index in [4.69, 9.17) is 14.2 Å². The van der Waals surface area contributed by atoms with Crippen LogP contribution in [-0.4, -0.2) is 73.7 Å². The van der Waals surface area contributed by atoms with Crippen LogP contribution in [0.15, 0.2) is 18.2 Å². The third-order valence-corrected chi connectivity index (χ3v) is 6.08. The number of hydrogen-bond acceptors (Lipinski definition) is 7. The largest absolute Gasteiger partial charge is 0.454 e. The molecule has 11 heteroatoms. The van der Waals surface area contributed by atoms with E-state index in [0.29, 0.717) is 56.3 Å². The number of anilines is 1. The van der Waals surface area contributed by atoms with Gasteiger partial charge in [0.1, 0.15) is 5.54 Å². The maximum atomic E-state index is 13.1. The SMILES string of the molecule is O=C(CNC(=O)C1(NC(=O)N2CCOCC2)CCCCC1)C(=O)Nc1ccc2c(c1)OCO2. The predicted octanol–water partition coefficient (Wildman–Crippen LogP) is 0.784. The van der Waals surface area contributed by atoms with E-state index >= 15 is 0 Å². The fraction of sp³-hybridized carbons (Fsp3) is 0.545. The van der Waals surface area contributed by atoms with Gasteiger partial charge in [0.2, 0.25) is 18.5 Å². The van der Waals surface area contributed by atoms with E-state index < -0.39 is 29.7 Å². The van der Waals surface area contributed by atoms with Gasteiger partial charge in [-0.25, -0.2) is 4.79 Å². The molecule has 1 saturated heterocycles. The lowest BCUT2D eigenvalue weighted by molar-refractivity contribution is -0.136. The van der Waals surface area contributed by atoms with Gasteiger partial charge in [-0.1, -0.05) is 19.3 Å². The molecule has 4 amide bonds. The van der Waals surface area contributed by atoms with Gasteiger partial charge in [-0.2, -0.15) is 0 Å². The van der Waals surface area contributed by atoms with E-state index in [0.717, 1.165) is 19.3 Å². The van der Waals surface area contributed by atoms with Gasteiger partial charge in [-0.05, 0) is 25.0 Å². The molecule has 0 unspecified atom stereocenters. The van der Waals surface area contributed by atoms with Crippen molar-refractivity contribution < 1.29 is 33.4 Å². The number of ether oxygens (including phenoxy) is 3. The molecule has 0 aromatic heterocycles. The Bertz CT molecular complexity index is 923. The summed E-state index contributed by atoms with van der Waals surface area (Å²) >= 11 is 0. The first-order chi connectivity index (χ1) is 16.0. The zero-order valence-electron chi connectivity index (χ0n) is 18.3. The number of nitrogens with one attached hydrogen (secondary N) is 3. The third kappa shape index (κ3) is 5.36. The van der Waals surface area contributed by atoms with Crippen LogP contribution in [0.25, 0.3) is 0 Å². The van der Waals surface area contributed by atoms with Crippen molar-refractivity contribution in [1.29, 1.82) is 0 Å². The minimum atomic E-state index is -1.10. The number of fused-ring (bicyclic) bond motifs is 1. The second kappa shape index (κ2) is 10.1. The number of carbonyl (C=O) groups excluding carboxylic acids is 4. The molecule has 2 aliphatic heterocycles. The van der Waals surface area contributed by atoms with Gasteiger partial charge in [0.15, 0.2) is 11.5 Å². The Kier molecular flexibility index (Phi) is 6.97. The zero-order valence-corrected chi connectivity index (χ0v) is 18.3. The smallest absolute Gasteiger partial charge is 0.318 e. The first-order valence-corrected chi connectivity index (χ1v) is 11.1. The first kappa shape index (κ1) is 22.8.